The second-order valence-electron chi connectivity index (χ2n) is 7.85. The Morgan fingerprint density at radius 2 is 1.95 bits per heavy atom. The fourth-order valence-corrected chi connectivity index (χ4v) is 5.50. The Morgan fingerprint density at radius 3 is 2.77 bits per heavy atom. The van der Waals surface area contributed by atoms with Crippen LogP contribution in [-0.4, -0.2) is 66.1 Å². The van der Waals surface area contributed by atoms with Gasteiger partial charge in [-0.25, -0.2) is 0 Å². The number of nitrogens with zero attached hydrogens (tertiary/aromatic N) is 2. The van der Waals surface area contributed by atoms with Gasteiger partial charge >= 0.3 is 0 Å². The summed E-state index contributed by atoms with van der Waals surface area (Å²) in [4.78, 5) is 16.7. The summed E-state index contributed by atoms with van der Waals surface area (Å²) in [5.74, 6) is 1.04. The van der Waals surface area contributed by atoms with Crippen LogP contribution in [0, 0.1) is 5.92 Å². The predicted octanol–water partition coefficient (Wildman–Crippen LogP) is 0.543. The SMILES string of the molecule is N[C@]1(C2CCCC2)CNCCC1N1CCN2C(=O)CC[C@H]2C1. The highest BCUT2D eigenvalue weighted by Gasteiger charge is 2.48. The van der Waals surface area contributed by atoms with Crippen LogP contribution >= 0.6 is 0 Å². The molecule has 4 rings (SSSR count). The third-order valence-corrected chi connectivity index (χ3v) is 6.73. The van der Waals surface area contributed by atoms with Gasteiger partial charge in [-0.2, -0.15) is 0 Å². The van der Waals surface area contributed by atoms with E-state index in [2.05, 4.69) is 15.1 Å². The third-order valence-electron chi connectivity index (χ3n) is 6.73. The van der Waals surface area contributed by atoms with Gasteiger partial charge in [0, 0.05) is 50.2 Å². The van der Waals surface area contributed by atoms with Crippen LogP contribution in [0.15, 0.2) is 0 Å². The summed E-state index contributed by atoms with van der Waals surface area (Å²) in [6, 6.07) is 0.943. The van der Waals surface area contributed by atoms with E-state index in [4.69, 9.17) is 5.73 Å². The number of piperazine rings is 1. The molecule has 1 saturated carbocycles. The van der Waals surface area contributed by atoms with E-state index in [1.807, 2.05) is 0 Å². The number of rotatable bonds is 2. The summed E-state index contributed by atoms with van der Waals surface area (Å²) < 4.78 is 0. The van der Waals surface area contributed by atoms with Crippen molar-refractivity contribution in [2.45, 2.75) is 62.6 Å². The van der Waals surface area contributed by atoms with Gasteiger partial charge < -0.3 is 16.0 Å². The molecule has 0 aromatic rings. The van der Waals surface area contributed by atoms with Crippen LogP contribution in [0.2, 0.25) is 0 Å². The zero-order chi connectivity index (χ0) is 15.2. The van der Waals surface area contributed by atoms with Gasteiger partial charge in [-0.05, 0) is 38.1 Å². The molecule has 1 unspecified atom stereocenters. The second-order valence-corrected chi connectivity index (χ2v) is 7.85. The van der Waals surface area contributed by atoms with Crippen LogP contribution in [0.4, 0.5) is 0 Å². The quantitative estimate of drug-likeness (QED) is 0.782. The van der Waals surface area contributed by atoms with Crippen LogP contribution in [0.25, 0.3) is 0 Å². The molecule has 3 N–H and O–H groups in total. The highest BCUT2D eigenvalue weighted by atomic mass is 16.2. The van der Waals surface area contributed by atoms with E-state index in [0.717, 1.165) is 52.0 Å². The standard InChI is InChI=1S/C17H30N4O/c18-17(13-3-1-2-4-13)12-19-8-7-15(17)20-9-10-21-14(11-20)5-6-16(21)22/h13-15,19H,1-12,18H2/t14-,15?,17-/m0/s1. The molecule has 4 aliphatic rings. The maximum atomic E-state index is 11.9. The first-order valence-electron chi connectivity index (χ1n) is 9.21. The molecule has 124 valence electrons. The molecular formula is C17H30N4O. The summed E-state index contributed by atoms with van der Waals surface area (Å²) in [6.45, 7) is 5.02. The number of fused-ring (bicyclic) bond motifs is 1. The van der Waals surface area contributed by atoms with Gasteiger partial charge in [-0.3, -0.25) is 9.69 Å². The molecule has 1 aliphatic carbocycles. The lowest BCUT2D eigenvalue weighted by Crippen LogP contribution is -2.71. The zero-order valence-corrected chi connectivity index (χ0v) is 13.6. The minimum atomic E-state index is -0.0699. The van der Waals surface area contributed by atoms with Crippen LogP contribution in [0.3, 0.4) is 0 Å². The molecule has 0 bridgehead atoms. The van der Waals surface area contributed by atoms with E-state index in [9.17, 15) is 4.79 Å². The second kappa shape index (κ2) is 5.77. The van der Waals surface area contributed by atoms with Crippen molar-refractivity contribution in [1.82, 2.24) is 15.1 Å². The number of carbonyl (C=O) groups is 1. The largest absolute Gasteiger partial charge is 0.337 e. The normalized spacial score (nSPS) is 41.1. The Hall–Kier alpha value is -0.650. The highest BCUT2D eigenvalue weighted by molar-refractivity contribution is 5.78. The number of hydrogen-bond acceptors (Lipinski definition) is 4. The van der Waals surface area contributed by atoms with Crippen molar-refractivity contribution >= 4 is 5.91 Å². The summed E-state index contributed by atoms with van der Waals surface area (Å²) in [5.41, 5.74) is 6.95. The lowest BCUT2D eigenvalue weighted by Gasteiger charge is -2.53. The average Bonchev–Trinajstić information content (AvgIpc) is 3.18. The Labute approximate surface area is 133 Å². The van der Waals surface area contributed by atoms with Crippen molar-refractivity contribution in [1.29, 1.82) is 0 Å². The van der Waals surface area contributed by atoms with Crippen LogP contribution in [-0.2, 0) is 4.79 Å². The molecule has 0 aromatic carbocycles. The van der Waals surface area contributed by atoms with Gasteiger partial charge in [0.1, 0.15) is 0 Å². The van der Waals surface area contributed by atoms with E-state index in [0.29, 0.717) is 23.9 Å². The van der Waals surface area contributed by atoms with Crippen molar-refractivity contribution in [2.75, 3.05) is 32.7 Å². The molecule has 4 fully saturated rings. The molecule has 3 atom stereocenters. The molecule has 3 aliphatic heterocycles. The first-order valence-corrected chi connectivity index (χ1v) is 9.21. The molecular weight excluding hydrogens is 276 g/mol. The Morgan fingerprint density at radius 1 is 1.14 bits per heavy atom. The van der Waals surface area contributed by atoms with Crippen molar-refractivity contribution in [3.8, 4) is 0 Å². The minimum absolute atomic E-state index is 0.0699. The minimum Gasteiger partial charge on any atom is -0.337 e. The Kier molecular flexibility index (Phi) is 3.91. The van der Waals surface area contributed by atoms with Gasteiger partial charge in [0.2, 0.25) is 5.91 Å². The maximum absolute atomic E-state index is 11.9. The van der Waals surface area contributed by atoms with Crippen molar-refractivity contribution in [3.63, 3.8) is 0 Å². The summed E-state index contributed by atoms with van der Waals surface area (Å²) in [7, 11) is 0. The zero-order valence-electron chi connectivity index (χ0n) is 13.6. The number of hydrogen-bond donors (Lipinski definition) is 2. The van der Waals surface area contributed by atoms with Gasteiger partial charge in [0.15, 0.2) is 0 Å². The topological polar surface area (TPSA) is 61.6 Å². The molecule has 0 spiro atoms. The van der Waals surface area contributed by atoms with Crippen LogP contribution < -0.4 is 11.1 Å². The molecule has 22 heavy (non-hydrogen) atoms. The van der Waals surface area contributed by atoms with Gasteiger partial charge in [-0.1, -0.05) is 12.8 Å². The monoisotopic (exact) mass is 306 g/mol. The van der Waals surface area contributed by atoms with Crippen LogP contribution in [0.5, 0.6) is 0 Å². The first-order chi connectivity index (χ1) is 10.7. The summed E-state index contributed by atoms with van der Waals surface area (Å²) in [6.07, 6.45) is 8.26. The Balaban J connectivity index is 1.51. The average molecular weight is 306 g/mol. The van der Waals surface area contributed by atoms with E-state index in [1.165, 1.54) is 25.7 Å². The van der Waals surface area contributed by atoms with E-state index >= 15 is 0 Å². The maximum Gasteiger partial charge on any atom is 0.222 e. The molecule has 5 heteroatoms. The lowest BCUT2D eigenvalue weighted by atomic mass is 9.73. The van der Waals surface area contributed by atoms with Gasteiger partial charge in [0.25, 0.3) is 0 Å². The third kappa shape index (κ3) is 2.38. The molecule has 0 aromatic heterocycles. The number of amides is 1. The van der Waals surface area contributed by atoms with E-state index in [1.54, 1.807) is 0 Å². The van der Waals surface area contributed by atoms with Gasteiger partial charge in [-0.15, -0.1) is 0 Å². The summed E-state index contributed by atoms with van der Waals surface area (Å²) in [5, 5.41) is 3.56. The van der Waals surface area contributed by atoms with Crippen molar-refractivity contribution in [3.05, 3.63) is 0 Å². The predicted molar refractivity (Wildman–Crippen MR) is 86.5 cm³/mol. The summed E-state index contributed by atoms with van der Waals surface area (Å²) >= 11 is 0. The fourth-order valence-electron chi connectivity index (χ4n) is 5.50. The number of piperidine rings is 1. The molecule has 1 amide bonds. The smallest absolute Gasteiger partial charge is 0.222 e. The van der Waals surface area contributed by atoms with Crippen LogP contribution in [0.1, 0.15) is 44.9 Å². The Bertz CT molecular complexity index is 436. The van der Waals surface area contributed by atoms with Crippen molar-refractivity contribution in [2.24, 2.45) is 11.7 Å². The molecule has 0 radical (unpaired) electrons. The highest BCUT2D eigenvalue weighted by Crippen LogP contribution is 2.39. The first kappa shape index (κ1) is 14.9. The molecule has 3 saturated heterocycles. The van der Waals surface area contributed by atoms with E-state index in [-0.39, 0.29) is 5.54 Å². The van der Waals surface area contributed by atoms with E-state index < -0.39 is 0 Å². The molecule has 3 heterocycles. The fraction of sp³-hybridized carbons (Fsp3) is 0.941. The van der Waals surface area contributed by atoms with Crippen molar-refractivity contribution < 1.29 is 4.79 Å². The lowest BCUT2D eigenvalue weighted by molar-refractivity contribution is -0.131. The number of nitrogens with two attached hydrogens (primary N) is 1. The number of nitrogens with one attached hydrogen (secondary N) is 1. The van der Waals surface area contributed by atoms with Gasteiger partial charge in [0.05, 0.1) is 0 Å². The molecule has 5 nitrogen and oxygen atoms in total. The number of carbonyl (C=O) groups excluding carboxylic acids is 1.